The first kappa shape index (κ1) is 13.8. The van der Waals surface area contributed by atoms with Crippen LogP contribution < -0.4 is 0 Å². The number of alkyl halides is 5. The Morgan fingerprint density at radius 3 is 2.18 bits per heavy atom. The van der Waals surface area contributed by atoms with Crippen molar-refractivity contribution in [3.8, 4) is 0 Å². The van der Waals surface area contributed by atoms with Crippen molar-refractivity contribution >= 4 is 21.6 Å². The summed E-state index contributed by atoms with van der Waals surface area (Å²) in [5.74, 6) is 0. The summed E-state index contributed by atoms with van der Waals surface area (Å²) in [7, 11) is 0. The molecule has 0 amide bonds. The molecular formula is C8H3BrF5NO2. The molecule has 17 heavy (non-hydrogen) atoms. The van der Waals surface area contributed by atoms with Gasteiger partial charge in [0.15, 0.2) is 0 Å². The Bertz CT molecular complexity index is 460. The number of rotatable bonds is 2. The van der Waals surface area contributed by atoms with Crippen molar-refractivity contribution < 1.29 is 26.9 Å². The van der Waals surface area contributed by atoms with Gasteiger partial charge < -0.3 is 0 Å². The Labute approximate surface area is 99.5 Å². The average Bonchev–Trinajstić information content (AvgIpc) is 2.14. The number of hydrogen-bond donors (Lipinski definition) is 0. The standard InChI is InChI=1S/C8H3BrF5NO2/c9-5-1-3(7(10)11)6(15(16)17)2-4(5)8(12,13)14/h1-2,7H. The van der Waals surface area contributed by atoms with E-state index in [-0.39, 0.29) is 6.07 Å². The molecule has 1 rings (SSSR count). The van der Waals surface area contributed by atoms with Gasteiger partial charge in [-0.1, -0.05) is 15.9 Å². The number of halogens is 6. The highest BCUT2D eigenvalue weighted by Crippen LogP contribution is 2.40. The minimum absolute atomic E-state index is 0.0889. The van der Waals surface area contributed by atoms with Crippen molar-refractivity contribution in [1.82, 2.24) is 0 Å². The molecule has 0 radical (unpaired) electrons. The van der Waals surface area contributed by atoms with Gasteiger partial charge in [0.05, 0.1) is 16.1 Å². The van der Waals surface area contributed by atoms with Crippen molar-refractivity contribution in [2.24, 2.45) is 0 Å². The van der Waals surface area contributed by atoms with Crippen LogP contribution in [0, 0.1) is 10.1 Å². The van der Waals surface area contributed by atoms with E-state index < -0.39 is 38.8 Å². The second kappa shape index (κ2) is 4.55. The van der Waals surface area contributed by atoms with Crippen LogP contribution in [0.15, 0.2) is 16.6 Å². The normalized spacial score (nSPS) is 11.9. The van der Waals surface area contributed by atoms with Gasteiger partial charge in [0.2, 0.25) is 0 Å². The SMILES string of the molecule is O=[N+]([O-])c1cc(C(F)(F)F)c(Br)cc1C(F)F. The van der Waals surface area contributed by atoms with Crippen LogP contribution in [0.25, 0.3) is 0 Å². The van der Waals surface area contributed by atoms with E-state index >= 15 is 0 Å². The molecule has 0 atom stereocenters. The van der Waals surface area contributed by atoms with Gasteiger partial charge in [0, 0.05) is 10.5 Å². The van der Waals surface area contributed by atoms with Crippen molar-refractivity contribution in [2.45, 2.75) is 12.6 Å². The van der Waals surface area contributed by atoms with Gasteiger partial charge in [-0.2, -0.15) is 13.2 Å². The van der Waals surface area contributed by atoms with Crippen LogP contribution in [0.5, 0.6) is 0 Å². The highest BCUT2D eigenvalue weighted by molar-refractivity contribution is 9.10. The van der Waals surface area contributed by atoms with E-state index in [1.165, 1.54) is 0 Å². The van der Waals surface area contributed by atoms with Gasteiger partial charge in [-0.05, 0) is 6.07 Å². The number of nitro groups is 1. The lowest BCUT2D eigenvalue weighted by Gasteiger charge is -2.10. The first-order valence-corrected chi connectivity index (χ1v) is 4.77. The van der Waals surface area contributed by atoms with Gasteiger partial charge in [-0.15, -0.1) is 0 Å². The summed E-state index contributed by atoms with van der Waals surface area (Å²) in [4.78, 5) is 9.13. The van der Waals surface area contributed by atoms with Gasteiger partial charge >= 0.3 is 6.18 Å². The summed E-state index contributed by atoms with van der Waals surface area (Å²) in [6.07, 6.45) is -8.08. The fraction of sp³-hybridized carbons (Fsp3) is 0.250. The van der Waals surface area contributed by atoms with Crippen LogP contribution in [-0.4, -0.2) is 4.92 Å². The summed E-state index contributed by atoms with van der Waals surface area (Å²) >= 11 is 2.46. The predicted octanol–water partition coefficient (Wildman–Crippen LogP) is 4.31. The average molecular weight is 320 g/mol. The van der Waals surface area contributed by atoms with E-state index in [9.17, 15) is 32.1 Å². The molecule has 0 spiro atoms. The third kappa shape index (κ3) is 2.90. The van der Waals surface area contributed by atoms with Crippen molar-refractivity contribution in [1.29, 1.82) is 0 Å². The lowest BCUT2D eigenvalue weighted by Crippen LogP contribution is -2.08. The fourth-order valence-corrected chi connectivity index (χ4v) is 1.71. The van der Waals surface area contributed by atoms with E-state index in [2.05, 4.69) is 15.9 Å². The lowest BCUT2D eigenvalue weighted by atomic mass is 10.1. The topological polar surface area (TPSA) is 43.1 Å². The monoisotopic (exact) mass is 319 g/mol. The number of nitro benzene ring substituents is 1. The third-order valence-corrected chi connectivity index (χ3v) is 2.51. The summed E-state index contributed by atoms with van der Waals surface area (Å²) in [6, 6.07) is 0.497. The largest absolute Gasteiger partial charge is 0.417 e. The highest BCUT2D eigenvalue weighted by Gasteiger charge is 2.36. The maximum Gasteiger partial charge on any atom is 0.417 e. The summed E-state index contributed by atoms with van der Waals surface area (Å²) in [5.41, 5.74) is -3.68. The zero-order valence-electron chi connectivity index (χ0n) is 7.76. The Hall–Kier alpha value is -1.25. The van der Waals surface area contributed by atoms with Gasteiger partial charge in [0.1, 0.15) is 0 Å². The van der Waals surface area contributed by atoms with E-state index in [0.717, 1.165) is 0 Å². The van der Waals surface area contributed by atoms with Crippen LogP contribution in [0.3, 0.4) is 0 Å². The second-order valence-corrected chi connectivity index (χ2v) is 3.80. The minimum Gasteiger partial charge on any atom is -0.258 e. The molecule has 0 aliphatic carbocycles. The Balaban J connectivity index is 3.51. The molecule has 0 fully saturated rings. The van der Waals surface area contributed by atoms with Crippen molar-refractivity contribution in [3.05, 3.63) is 37.8 Å². The van der Waals surface area contributed by atoms with Gasteiger partial charge in [0.25, 0.3) is 12.1 Å². The van der Waals surface area contributed by atoms with E-state index in [1.54, 1.807) is 0 Å². The molecule has 0 aromatic heterocycles. The third-order valence-electron chi connectivity index (χ3n) is 1.85. The Morgan fingerprint density at radius 2 is 1.82 bits per heavy atom. The molecule has 0 saturated heterocycles. The predicted molar refractivity (Wildman–Crippen MR) is 50.8 cm³/mol. The summed E-state index contributed by atoms with van der Waals surface area (Å²) in [6.45, 7) is 0. The number of nitrogens with zero attached hydrogens (tertiary/aromatic N) is 1. The molecule has 0 heterocycles. The molecule has 0 saturated carbocycles. The molecule has 1 aromatic carbocycles. The van der Waals surface area contributed by atoms with E-state index in [0.29, 0.717) is 6.07 Å². The Morgan fingerprint density at radius 1 is 1.29 bits per heavy atom. The maximum absolute atomic E-state index is 12.4. The number of hydrogen-bond acceptors (Lipinski definition) is 2. The zero-order chi connectivity index (χ0) is 13.4. The summed E-state index contributed by atoms with van der Waals surface area (Å²) < 4.78 is 61.3. The minimum atomic E-state index is -4.86. The molecule has 0 aliphatic heterocycles. The lowest BCUT2D eigenvalue weighted by molar-refractivity contribution is -0.386. The molecule has 0 N–H and O–H groups in total. The van der Waals surface area contributed by atoms with Crippen LogP contribution in [0.1, 0.15) is 17.6 Å². The summed E-state index contributed by atoms with van der Waals surface area (Å²) in [5, 5.41) is 10.4. The Kier molecular flexibility index (Phi) is 3.70. The quantitative estimate of drug-likeness (QED) is 0.463. The van der Waals surface area contributed by atoms with Crippen molar-refractivity contribution in [3.63, 3.8) is 0 Å². The van der Waals surface area contributed by atoms with Crippen LogP contribution >= 0.6 is 15.9 Å². The first-order valence-electron chi connectivity index (χ1n) is 3.97. The molecule has 0 unspecified atom stereocenters. The molecule has 3 nitrogen and oxygen atoms in total. The molecule has 1 aromatic rings. The highest BCUT2D eigenvalue weighted by atomic mass is 79.9. The van der Waals surface area contributed by atoms with Crippen LogP contribution in [0.4, 0.5) is 27.6 Å². The van der Waals surface area contributed by atoms with E-state index in [1.807, 2.05) is 0 Å². The number of benzene rings is 1. The molecule has 0 bridgehead atoms. The fourth-order valence-electron chi connectivity index (χ4n) is 1.13. The molecular weight excluding hydrogens is 317 g/mol. The van der Waals surface area contributed by atoms with Crippen LogP contribution in [-0.2, 0) is 6.18 Å². The van der Waals surface area contributed by atoms with Gasteiger partial charge in [-0.3, -0.25) is 10.1 Å². The molecule has 94 valence electrons. The second-order valence-electron chi connectivity index (χ2n) is 2.95. The van der Waals surface area contributed by atoms with E-state index in [4.69, 9.17) is 0 Å². The molecule has 9 heteroatoms. The smallest absolute Gasteiger partial charge is 0.258 e. The van der Waals surface area contributed by atoms with Crippen molar-refractivity contribution in [2.75, 3.05) is 0 Å². The zero-order valence-corrected chi connectivity index (χ0v) is 9.35. The molecule has 0 aliphatic rings. The maximum atomic E-state index is 12.4. The van der Waals surface area contributed by atoms with Crippen LogP contribution in [0.2, 0.25) is 0 Å². The van der Waals surface area contributed by atoms with Gasteiger partial charge in [-0.25, -0.2) is 8.78 Å². The first-order chi connectivity index (χ1) is 7.64.